The summed E-state index contributed by atoms with van der Waals surface area (Å²) in [5.41, 5.74) is 3.26. The number of aromatic nitrogens is 4. The number of ether oxygens (including phenoxy) is 1. The third-order valence-corrected chi connectivity index (χ3v) is 5.14. The number of rotatable bonds is 6. The van der Waals surface area contributed by atoms with E-state index in [9.17, 15) is 14.7 Å². The smallest absolute Gasteiger partial charge is 0.327 e. The van der Waals surface area contributed by atoms with E-state index in [1.807, 2.05) is 30.3 Å². The van der Waals surface area contributed by atoms with E-state index in [0.29, 0.717) is 28.9 Å². The molecule has 0 aliphatic heterocycles. The van der Waals surface area contributed by atoms with Crippen LogP contribution in [0.1, 0.15) is 25.6 Å². The number of carbonyl (C=O) groups is 1. The zero-order valence-electron chi connectivity index (χ0n) is 16.9. The minimum absolute atomic E-state index is 0.253. The highest BCUT2D eigenvalue weighted by molar-refractivity contribution is 5.86. The molecule has 30 heavy (non-hydrogen) atoms. The number of pyridine rings is 1. The van der Waals surface area contributed by atoms with Gasteiger partial charge in [-0.15, -0.1) is 0 Å². The Bertz CT molecular complexity index is 1290. The second-order valence-corrected chi connectivity index (χ2v) is 7.47. The molecule has 0 spiro atoms. The van der Waals surface area contributed by atoms with Crippen molar-refractivity contribution < 1.29 is 14.6 Å². The molecule has 0 unspecified atom stereocenters. The number of aliphatic carboxylic acids is 1. The Morgan fingerprint density at radius 3 is 2.57 bits per heavy atom. The van der Waals surface area contributed by atoms with Crippen LogP contribution in [0.5, 0.6) is 0 Å². The molecular weight excluding hydrogens is 384 g/mol. The third-order valence-electron chi connectivity index (χ3n) is 5.14. The maximum absolute atomic E-state index is 13.1. The summed E-state index contributed by atoms with van der Waals surface area (Å²) in [6.45, 7) is 3.83. The summed E-state index contributed by atoms with van der Waals surface area (Å²) in [5, 5.41) is 14.5. The lowest BCUT2D eigenvalue weighted by Crippen LogP contribution is -2.33. The monoisotopic (exact) mass is 406 g/mol. The van der Waals surface area contributed by atoms with Crippen molar-refractivity contribution in [3.8, 4) is 11.1 Å². The van der Waals surface area contributed by atoms with Crippen molar-refractivity contribution in [2.45, 2.75) is 26.5 Å². The van der Waals surface area contributed by atoms with E-state index in [2.05, 4.69) is 10.1 Å². The highest BCUT2D eigenvalue weighted by Crippen LogP contribution is 2.29. The zero-order valence-corrected chi connectivity index (χ0v) is 16.9. The molecule has 154 valence electrons. The lowest BCUT2D eigenvalue weighted by Gasteiger charge is -2.19. The fourth-order valence-corrected chi connectivity index (χ4v) is 3.81. The predicted molar refractivity (Wildman–Crippen MR) is 112 cm³/mol. The van der Waals surface area contributed by atoms with Crippen LogP contribution in [-0.2, 0) is 16.1 Å². The Balaban J connectivity index is 2.00. The van der Waals surface area contributed by atoms with Crippen molar-refractivity contribution in [3.63, 3.8) is 0 Å². The Hall–Kier alpha value is -3.52. The highest BCUT2D eigenvalue weighted by Gasteiger charge is 2.26. The summed E-state index contributed by atoms with van der Waals surface area (Å²) in [4.78, 5) is 29.3. The average molecular weight is 406 g/mol. The fourth-order valence-electron chi connectivity index (χ4n) is 3.81. The lowest BCUT2D eigenvalue weighted by atomic mass is 10.0. The number of carboxylic acid groups (broad SMARTS) is 1. The first-order chi connectivity index (χ1) is 14.4. The summed E-state index contributed by atoms with van der Waals surface area (Å²) >= 11 is 0. The van der Waals surface area contributed by atoms with Crippen LogP contribution in [0, 0.1) is 5.92 Å². The summed E-state index contributed by atoms with van der Waals surface area (Å²) in [5.74, 6) is -1.30. The summed E-state index contributed by atoms with van der Waals surface area (Å²) < 4.78 is 8.20. The van der Waals surface area contributed by atoms with Crippen molar-refractivity contribution >= 4 is 22.5 Å². The number of benzene rings is 1. The van der Waals surface area contributed by atoms with Gasteiger partial charge in [-0.2, -0.15) is 5.10 Å². The van der Waals surface area contributed by atoms with E-state index < -0.39 is 17.6 Å². The Morgan fingerprint density at radius 1 is 1.20 bits per heavy atom. The maximum Gasteiger partial charge on any atom is 0.327 e. The predicted octanol–water partition coefficient (Wildman–Crippen LogP) is 3.14. The molecule has 8 heteroatoms. The first-order valence-electron chi connectivity index (χ1n) is 9.62. The molecule has 0 aliphatic carbocycles. The first-order valence-corrected chi connectivity index (χ1v) is 9.62. The van der Waals surface area contributed by atoms with Gasteiger partial charge < -0.3 is 14.4 Å². The van der Waals surface area contributed by atoms with Gasteiger partial charge >= 0.3 is 5.97 Å². The quantitative estimate of drug-likeness (QED) is 0.528. The largest absolute Gasteiger partial charge is 0.480 e. The lowest BCUT2D eigenvalue weighted by molar-refractivity contribution is -0.142. The van der Waals surface area contributed by atoms with Crippen LogP contribution in [0.3, 0.4) is 0 Å². The van der Waals surface area contributed by atoms with Crippen LogP contribution in [0.25, 0.3) is 27.7 Å². The molecule has 0 aliphatic rings. The standard InChI is InChI=1S/C22H22N4O4/c1-13(2)19(22(28)29)25-10-9-17-15(21(25)27)11-23-20-18(14-7-5-4-6-8-14)16(12-30-3)24-26(17)20/h4-11,13,19H,12H2,1-3H3,(H,28,29)/t19-/m1/s1. The second-order valence-electron chi connectivity index (χ2n) is 7.47. The molecule has 0 fully saturated rings. The molecule has 8 nitrogen and oxygen atoms in total. The third kappa shape index (κ3) is 3.15. The summed E-state index contributed by atoms with van der Waals surface area (Å²) in [6, 6.07) is 10.5. The van der Waals surface area contributed by atoms with Gasteiger partial charge in [-0.1, -0.05) is 44.2 Å². The first kappa shape index (κ1) is 19.8. The number of hydrogen-bond acceptors (Lipinski definition) is 5. The van der Waals surface area contributed by atoms with E-state index in [4.69, 9.17) is 4.74 Å². The molecule has 4 aromatic rings. The SMILES string of the molecule is COCc1nn2c(ncc3c(=O)n([C@@H](C(=O)O)C(C)C)ccc32)c1-c1ccccc1. The molecule has 1 aromatic carbocycles. The minimum Gasteiger partial charge on any atom is -0.480 e. The Morgan fingerprint density at radius 2 is 1.93 bits per heavy atom. The van der Waals surface area contributed by atoms with Gasteiger partial charge in [0.05, 0.1) is 28.8 Å². The van der Waals surface area contributed by atoms with E-state index in [0.717, 1.165) is 11.1 Å². The van der Waals surface area contributed by atoms with Crippen LogP contribution < -0.4 is 5.56 Å². The van der Waals surface area contributed by atoms with Gasteiger partial charge in [-0.3, -0.25) is 4.79 Å². The fraction of sp³-hybridized carbons (Fsp3) is 0.273. The summed E-state index contributed by atoms with van der Waals surface area (Å²) in [6.07, 6.45) is 3.01. The van der Waals surface area contributed by atoms with Gasteiger partial charge in [0.15, 0.2) is 5.65 Å². The Kier molecular flexibility index (Phi) is 5.09. The average Bonchev–Trinajstić information content (AvgIpc) is 3.08. The minimum atomic E-state index is -1.05. The number of carboxylic acids is 1. The van der Waals surface area contributed by atoms with Gasteiger partial charge in [-0.05, 0) is 17.5 Å². The van der Waals surface area contributed by atoms with Crippen LogP contribution in [0.4, 0.5) is 0 Å². The molecule has 0 radical (unpaired) electrons. The van der Waals surface area contributed by atoms with Crippen molar-refractivity contribution in [3.05, 3.63) is 64.8 Å². The highest BCUT2D eigenvalue weighted by atomic mass is 16.5. The molecule has 4 rings (SSSR count). The molecule has 0 amide bonds. The van der Waals surface area contributed by atoms with Crippen molar-refractivity contribution in [2.24, 2.45) is 5.92 Å². The van der Waals surface area contributed by atoms with E-state index in [1.54, 1.807) is 31.5 Å². The molecule has 3 aromatic heterocycles. The number of fused-ring (bicyclic) bond motifs is 3. The Labute approximate surface area is 172 Å². The molecule has 1 N–H and O–H groups in total. The molecular formula is C22H22N4O4. The number of nitrogens with zero attached hydrogens (tertiary/aromatic N) is 4. The number of hydrogen-bond donors (Lipinski definition) is 1. The van der Waals surface area contributed by atoms with Crippen LogP contribution in [-0.4, -0.2) is 37.4 Å². The van der Waals surface area contributed by atoms with Crippen LogP contribution in [0.2, 0.25) is 0 Å². The van der Waals surface area contributed by atoms with Gasteiger partial charge in [-0.25, -0.2) is 14.3 Å². The molecule has 1 atom stereocenters. The van der Waals surface area contributed by atoms with Crippen LogP contribution in [0.15, 0.2) is 53.6 Å². The van der Waals surface area contributed by atoms with Gasteiger partial charge in [0.2, 0.25) is 0 Å². The normalized spacial score (nSPS) is 12.7. The van der Waals surface area contributed by atoms with Crippen LogP contribution >= 0.6 is 0 Å². The van der Waals surface area contributed by atoms with Gasteiger partial charge in [0, 0.05) is 19.5 Å². The van der Waals surface area contributed by atoms with Gasteiger partial charge in [0.25, 0.3) is 5.56 Å². The van der Waals surface area contributed by atoms with E-state index >= 15 is 0 Å². The maximum atomic E-state index is 13.1. The van der Waals surface area contributed by atoms with E-state index in [-0.39, 0.29) is 5.92 Å². The van der Waals surface area contributed by atoms with Crippen molar-refractivity contribution in [1.29, 1.82) is 0 Å². The summed E-state index contributed by atoms with van der Waals surface area (Å²) in [7, 11) is 1.60. The van der Waals surface area contributed by atoms with Gasteiger partial charge in [0.1, 0.15) is 6.04 Å². The zero-order chi connectivity index (χ0) is 21.4. The molecule has 0 bridgehead atoms. The molecule has 3 heterocycles. The van der Waals surface area contributed by atoms with E-state index in [1.165, 1.54) is 17.0 Å². The van der Waals surface area contributed by atoms with Crippen molar-refractivity contribution in [2.75, 3.05) is 7.11 Å². The topological polar surface area (TPSA) is 98.7 Å². The second kappa shape index (κ2) is 7.72. The molecule has 0 saturated carbocycles. The number of methoxy groups -OCH3 is 1. The molecule has 0 saturated heterocycles. The van der Waals surface area contributed by atoms with Crippen molar-refractivity contribution in [1.82, 2.24) is 19.2 Å².